The maximum Gasteiger partial charge on any atom is 0.262 e. The first-order valence-corrected chi connectivity index (χ1v) is 9.21. The zero-order valence-electron chi connectivity index (χ0n) is 14.3. The Labute approximate surface area is 158 Å². The Hall–Kier alpha value is -3.33. The highest BCUT2D eigenvalue weighted by Crippen LogP contribution is 2.14. The number of aromatic nitrogens is 5. The van der Waals surface area contributed by atoms with Crippen LogP contribution in [0.1, 0.15) is 12.0 Å². The summed E-state index contributed by atoms with van der Waals surface area (Å²) in [7, 11) is 0. The lowest BCUT2D eigenvalue weighted by atomic mass is 10.2. The van der Waals surface area contributed by atoms with Gasteiger partial charge in [-0.05, 0) is 29.1 Å². The van der Waals surface area contributed by atoms with Crippen molar-refractivity contribution in [3.63, 3.8) is 0 Å². The molecule has 1 N–H and O–H groups in total. The number of hydrogen-bond acceptors (Lipinski definition) is 6. The summed E-state index contributed by atoms with van der Waals surface area (Å²) in [5, 5.41) is 9.36. The third-order valence-electron chi connectivity index (χ3n) is 4.05. The molecule has 4 aromatic rings. The molecule has 0 saturated heterocycles. The van der Waals surface area contributed by atoms with Crippen LogP contribution in [-0.2, 0) is 17.9 Å². The molecular formula is C18H16N6O2S. The van der Waals surface area contributed by atoms with Gasteiger partial charge in [-0.25, -0.2) is 14.6 Å². The monoisotopic (exact) mass is 380 g/mol. The van der Waals surface area contributed by atoms with E-state index in [-0.39, 0.29) is 24.4 Å². The van der Waals surface area contributed by atoms with Gasteiger partial charge in [0.1, 0.15) is 17.5 Å². The number of carbonyl (C=O) groups excluding carboxylic acids is 1. The fraction of sp³-hybridized carbons (Fsp3) is 0.167. The average molecular weight is 380 g/mol. The van der Waals surface area contributed by atoms with Gasteiger partial charge in [0, 0.05) is 18.7 Å². The Kier molecular flexibility index (Phi) is 4.75. The summed E-state index contributed by atoms with van der Waals surface area (Å²) in [5.74, 6) is -0.162. The molecule has 1 aromatic carbocycles. The van der Waals surface area contributed by atoms with Gasteiger partial charge in [-0.3, -0.25) is 14.2 Å². The van der Waals surface area contributed by atoms with Crippen LogP contribution in [-0.4, -0.2) is 30.2 Å². The highest BCUT2D eigenvalue weighted by molar-refractivity contribution is 7.16. The van der Waals surface area contributed by atoms with E-state index < -0.39 is 0 Å². The fourth-order valence-corrected chi connectivity index (χ4v) is 3.47. The number of nitrogens with zero attached hydrogens (tertiary/aromatic N) is 5. The van der Waals surface area contributed by atoms with Crippen molar-refractivity contribution >= 4 is 33.1 Å². The molecule has 1 amide bonds. The van der Waals surface area contributed by atoms with E-state index >= 15 is 0 Å². The van der Waals surface area contributed by atoms with Gasteiger partial charge >= 0.3 is 0 Å². The lowest BCUT2D eigenvalue weighted by Gasteiger charge is -2.09. The fourth-order valence-electron chi connectivity index (χ4n) is 2.75. The highest BCUT2D eigenvalue weighted by Gasteiger charge is 2.08. The largest absolute Gasteiger partial charge is 0.326 e. The summed E-state index contributed by atoms with van der Waals surface area (Å²) in [6, 6.07) is 9.31. The van der Waals surface area contributed by atoms with Gasteiger partial charge in [0.05, 0.1) is 18.3 Å². The van der Waals surface area contributed by atoms with Crippen LogP contribution in [0.25, 0.3) is 10.2 Å². The van der Waals surface area contributed by atoms with Crippen molar-refractivity contribution in [2.45, 2.75) is 19.5 Å². The van der Waals surface area contributed by atoms with E-state index in [1.165, 1.54) is 28.6 Å². The van der Waals surface area contributed by atoms with Crippen LogP contribution in [0.4, 0.5) is 5.69 Å². The van der Waals surface area contributed by atoms with Gasteiger partial charge < -0.3 is 5.32 Å². The summed E-state index contributed by atoms with van der Waals surface area (Å²) >= 11 is 1.42. The van der Waals surface area contributed by atoms with Crippen LogP contribution < -0.4 is 10.9 Å². The molecule has 0 aliphatic rings. The molecule has 3 heterocycles. The van der Waals surface area contributed by atoms with E-state index in [1.54, 1.807) is 17.1 Å². The Morgan fingerprint density at radius 3 is 3.00 bits per heavy atom. The maximum atomic E-state index is 12.3. The van der Waals surface area contributed by atoms with E-state index in [1.807, 2.05) is 29.6 Å². The number of benzene rings is 1. The van der Waals surface area contributed by atoms with E-state index in [4.69, 9.17) is 0 Å². The average Bonchev–Trinajstić information content (AvgIpc) is 3.33. The van der Waals surface area contributed by atoms with Gasteiger partial charge in [0.15, 0.2) is 0 Å². The molecule has 4 rings (SSSR count). The molecule has 0 radical (unpaired) electrons. The molecule has 0 bridgehead atoms. The minimum absolute atomic E-state index is 0.121. The number of carbonyl (C=O) groups is 1. The quantitative estimate of drug-likeness (QED) is 0.553. The van der Waals surface area contributed by atoms with Crippen LogP contribution in [0.15, 0.2) is 59.5 Å². The molecule has 0 saturated carbocycles. The standard InChI is InChI=1S/C18H16N6O2S/c25-16(4-6-23-12-20-17-15(18(23)26)5-7-27-17)22-14-3-1-2-13(8-14)9-24-11-19-10-21-24/h1-3,5,7-8,10-12H,4,6,9H2,(H,22,25). The van der Waals surface area contributed by atoms with E-state index in [9.17, 15) is 9.59 Å². The SMILES string of the molecule is O=C(CCn1cnc2sccc2c1=O)Nc1cccc(Cn2cncn2)c1. The summed E-state index contributed by atoms with van der Waals surface area (Å²) < 4.78 is 3.18. The first-order chi connectivity index (χ1) is 13.2. The zero-order chi connectivity index (χ0) is 18.6. The third kappa shape index (κ3) is 3.93. The molecular weight excluding hydrogens is 364 g/mol. The summed E-state index contributed by atoms with van der Waals surface area (Å²) in [4.78, 5) is 33.5. The number of nitrogens with one attached hydrogen (secondary N) is 1. The number of rotatable bonds is 6. The summed E-state index contributed by atoms with van der Waals surface area (Å²) in [6.45, 7) is 0.855. The van der Waals surface area contributed by atoms with E-state index in [0.29, 0.717) is 22.4 Å². The van der Waals surface area contributed by atoms with Crippen LogP contribution in [0, 0.1) is 0 Å². The molecule has 3 aromatic heterocycles. The summed E-state index contributed by atoms with van der Waals surface area (Å²) in [6.07, 6.45) is 4.80. The number of fused-ring (bicyclic) bond motifs is 1. The van der Waals surface area contributed by atoms with Gasteiger partial charge in [0.2, 0.25) is 5.91 Å². The Bertz CT molecular complexity index is 1130. The smallest absolute Gasteiger partial charge is 0.262 e. The minimum atomic E-state index is -0.162. The van der Waals surface area contributed by atoms with Crippen molar-refractivity contribution in [3.05, 3.63) is 70.6 Å². The molecule has 0 unspecified atom stereocenters. The normalized spacial score (nSPS) is 11.0. The second-order valence-electron chi connectivity index (χ2n) is 5.97. The van der Waals surface area contributed by atoms with Crippen LogP contribution in [0.3, 0.4) is 0 Å². The Morgan fingerprint density at radius 1 is 1.22 bits per heavy atom. The molecule has 0 spiro atoms. The first kappa shape index (κ1) is 17.1. The van der Waals surface area contributed by atoms with Gasteiger partial charge in [-0.1, -0.05) is 12.1 Å². The predicted octanol–water partition coefficient (Wildman–Crippen LogP) is 2.13. The van der Waals surface area contributed by atoms with E-state index in [2.05, 4.69) is 20.4 Å². The maximum absolute atomic E-state index is 12.3. The van der Waals surface area contributed by atoms with Crippen molar-refractivity contribution in [3.8, 4) is 0 Å². The number of aryl methyl sites for hydroxylation is 1. The van der Waals surface area contributed by atoms with Crippen LogP contribution in [0.2, 0.25) is 0 Å². The molecule has 9 heteroatoms. The van der Waals surface area contributed by atoms with Crippen molar-refractivity contribution in [1.82, 2.24) is 24.3 Å². The first-order valence-electron chi connectivity index (χ1n) is 8.33. The molecule has 8 nitrogen and oxygen atoms in total. The van der Waals surface area contributed by atoms with Crippen molar-refractivity contribution in [2.75, 3.05) is 5.32 Å². The zero-order valence-corrected chi connectivity index (χ0v) is 15.1. The number of thiophene rings is 1. The van der Waals surface area contributed by atoms with Crippen LogP contribution in [0.5, 0.6) is 0 Å². The highest BCUT2D eigenvalue weighted by atomic mass is 32.1. The third-order valence-corrected chi connectivity index (χ3v) is 4.87. The Balaban J connectivity index is 1.39. The molecule has 0 aliphatic carbocycles. The van der Waals surface area contributed by atoms with Gasteiger partial charge in [0.25, 0.3) is 5.56 Å². The number of anilines is 1. The minimum Gasteiger partial charge on any atom is -0.326 e. The summed E-state index contributed by atoms with van der Waals surface area (Å²) in [5.41, 5.74) is 1.59. The molecule has 0 atom stereocenters. The number of amides is 1. The second-order valence-corrected chi connectivity index (χ2v) is 6.87. The molecule has 136 valence electrons. The lowest BCUT2D eigenvalue weighted by Crippen LogP contribution is -2.23. The topological polar surface area (TPSA) is 94.7 Å². The van der Waals surface area contributed by atoms with Crippen molar-refractivity contribution in [2.24, 2.45) is 0 Å². The lowest BCUT2D eigenvalue weighted by molar-refractivity contribution is -0.116. The van der Waals surface area contributed by atoms with Crippen molar-refractivity contribution in [1.29, 1.82) is 0 Å². The predicted molar refractivity (Wildman–Crippen MR) is 103 cm³/mol. The van der Waals surface area contributed by atoms with Gasteiger partial charge in [-0.15, -0.1) is 11.3 Å². The van der Waals surface area contributed by atoms with Gasteiger partial charge in [-0.2, -0.15) is 5.10 Å². The van der Waals surface area contributed by atoms with Crippen molar-refractivity contribution < 1.29 is 4.79 Å². The Morgan fingerprint density at radius 2 is 2.15 bits per heavy atom. The molecule has 0 aliphatic heterocycles. The second kappa shape index (κ2) is 7.50. The van der Waals surface area contributed by atoms with E-state index in [0.717, 1.165) is 5.56 Å². The molecule has 27 heavy (non-hydrogen) atoms. The molecule has 0 fully saturated rings. The number of hydrogen-bond donors (Lipinski definition) is 1. The van der Waals surface area contributed by atoms with Crippen LogP contribution >= 0.6 is 11.3 Å².